The molecule has 0 saturated carbocycles. The summed E-state index contributed by atoms with van der Waals surface area (Å²) in [7, 11) is 1.31. The van der Waals surface area contributed by atoms with Crippen LogP contribution < -0.4 is 4.74 Å². The zero-order valence-electron chi connectivity index (χ0n) is 17.9. The summed E-state index contributed by atoms with van der Waals surface area (Å²) in [6.45, 7) is 0.0544. The molecule has 7 nitrogen and oxygen atoms in total. The summed E-state index contributed by atoms with van der Waals surface area (Å²) >= 11 is 1.32. The van der Waals surface area contributed by atoms with E-state index in [0.717, 1.165) is 11.1 Å². The number of nitrogens with zero attached hydrogens (tertiary/aromatic N) is 2. The third kappa shape index (κ3) is 6.35. The number of amides is 1. The molecule has 0 aliphatic heterocycles. The summed E-state index contributed by atoms with van der Waals surface area (Å²) in [4.78, 5) is 23.8. The van der Waals surface area contributed by atoms with Gasteiger partial charge in [0, 0.05) is 10.6 Å². The van der Waals surface area contributed by atoms with Gasteiger partial charge in [-0.3, -0.25) is 10.0 Å². The molecule has 0 aliphatic carbocycles. The second-order valence-corrected chi connectivity index (χ2v) is 8.02. The lowest BCUT2D eigenvalue weighted by atomic mass is 10.0. The molecule has 0 aromatic heterocycles. The highest BCUT2D eigenvalue weighted by Gasteiger charge is 2.19. The maximum atomic E-state index is 12.0. The first-order chi connectivity index (χ1) is 16.0. The van der Waals surface area contributed by atoms with Crippen molar-refractivity contribution in [1.82, 2.24) is 5.06 Å². The van der Waals surface area contributed by atoms with Gasteiger partial charge in [0.05, 0.1) is 24.3 Å². The second-order valence-electron chi connectivity index (χ2n) is 6.96. The Morgan fingerprint density at radius 2 is 1.73 bits per heavy atom. The van der Waals surface area contributed by atoms with Crippen molar-refractivity contribution >= 4 is 24.1 Å². The zero-order chi connectivity index (χ0) is 23.6. The Labute approximate surface area is 196 Å². The van der Waals surface area contributed by atoms with E-state index in [2.05, 4.69) is 6.07 Å². The summed E-state index contributed by atoms with van der Waals surface area (Å²) in [5.41, 5.74) is 2.95. The minimum atomic E-state index is -0.642. The summed E-state index contributed by atoms with van der Waals surface area (Å²) in [5.74, 6) is 0.424. The molecule has 8 heteroatoms. The fourth-order valence-corrected chi connectivity index (χ4v) is 4.12. The average molecular weight is 463 g/mol. The largest absolute Gasteiger partial charge is 0.491 e. The molecule has 168 valence electrons. The summed E-state index contributed by atoms with van der Waals surface area (Å²) < 4.78 is 10.6. The first kappa shape index (κ1) is 23.9. The maximum absolute atomic E-state index is 12.0. The van der Waals surface area contributed by atoms with Crippen LogP contribution in [0.2, 0.25) is 0 Å². The molecule has 0 aliphatic rings. The van der Waals surface area contributed by atoms with Crippen LogP contribution in [0.4, 0.5) is 0 Å². The number of benzene rings is 3. The van der Waals surface area contributed by atoms with Crippen molar-refractivity contribution < 1.29 is 24.3 Å². The highest BCUT2D eigenvalue weighted by atomic mass is 32.2. The van der Waals surface area contributed by atoms with Crippen LogP contribution in [0.1, 0.15) is 15.9 Å². The molecule has 33 heavy (non-hydrogen) atoms. The number of thioether (sulfide) groups is 1. The number of carbonyl (C=O) groups is 2. The Balaban J connectivity index is 1.64. The second kappa shape index (κ2) is 11.7. The highest BCUT2D eigenvalue weighted by Crippen LogP contribution is 2.26. The van der Waals surface area contributed by atoms with Crippen LogP contribution in [0.15, 0.2) is 77.7 Å². The van der Waals surface area contributed by atoms with Crippen molar-refractivity contribution in [3.8, 4) is 22.9 Å². The fraction of sp³-hybridized carbons (Fsp3) is 0.160. The Hall–Kier alpha value is -3.80. The standard InChI is InChI=1S/C25H22N2O5S/c1-31-25(29)23-4-2-3-5-24(23)33-16-21(27(30)17-28)15-32-22-12-10-20(11-13-22)19-8-6-18(14-26)7-9-19/h2-13,17,21,30H,15-16H2,1H3. The molecule has 0 bridgehead atoms. The van der Waals surface area contributed by atoms with E-state index < -0.39 is 12.0 Å². The minimum Gasteiger partial charge on any atom is -0.491 e. The normalized spacial score (nSPS) is 11.2. The molecule has 3 rings (SSSR count). The van der Waals surface area contributed by atoms with Gasteiger partial charge in [-0.1, -0.05) is 36.4 Å². The summed E-state index contributed by atoms with van der Waals surface area (Å²) in [6.07, 6.45) is 0.328. The number of ether oxygens (including phenoxy) is 2. The van der Waals surface area contributed by atoms with Crippen molar-refractivity contribution in [3.63, 3.8) is 0 Å². The molecular weight excluding hydrogens is 440 g/mol. The molecular formula is C25H22N2O5S. The molecule has 3 aromatic carbocycles. The van der Waals surface area contributed by atoms with Crippen LogP contribution in [0.3, 0.4) is 0 Å². The smallest absolute Gasteiger partial charge is 0.338 e. The highest BCUT2D eigenvalue weighted by molar-refractivity contribution is 7.99. The third-order valence-electron chi connectivity index (χ3n) is 4.85. The average Bonchev–Trinajstić information content (AvgIpc) is 2.88. The van der Waals surface area contributed by atoms with Crippen LogP contribution in [-0.4, -0.2) is 48.2 Å². The monoisotopic (exact) mass is 462 g/mol. The number of nitriles is 1. The van der Waals surface area contributed by atoms with Gasteiger partial charge in [-0.25, -0.2) is 9.86 Å². The number of hydroxylamine groups is 2. The van der Waals surface area contributed by atoms with Gasteiger partial charge in [-0.2, -0.15) is 5.26 Å². The maximum Gasteiger partial charge on any atom is 0.338 e. The van der Waals surface area contributed by atoms with Gasteiger partial charge in [-0.05, 0) is 47.5 Å². The first-order valence-electron chi connectivity index (χ1n) is 10.0. The van der Waals surface area contributed by atoms with Crippen molar-refractivity contribution in [2.45, 2.75) is 10.9 Å². The number of methoxy groups -OCH3 is 1. The Morgan fingerprint density at radius 3 is 2.33 bits per heavy atom. The van der Waals surface area contributed by atoms with Crippen molar-refractivity contribution in [3.05, 3.63) is 83.9 Å². The number of carbonyl (C=O) groups excluding carboxylic acids is 2. The number of esters is 1. The fourth-order valence-electron chi connectivity index (χ4n) is 3.02. The van der Waals surface area contributed by atoms with E-state index in [1.807, 2.05) is 24.3 Å². The lowest BCUT2D eigenvalue weighted by molar-refractivity contribution is -0.160. The molecule has 0 spiro atoms. The molecule has 1 atom stereocenters. The van der Waals surface area contributed by atoms with E-state index in [0.29, 0.717) is 39.0 Å². The van der Waals surface area contributed by atoms with Gasteiger partial charge in [0.25, 0.3) is 0 Å². The number of rotatable bonds is 10. The number of hydrogen-bond acceptors (Lipinski definition) is 7. The van der Waals surface area contributed by atoms with Crippen molar-refractivity contribution in [2.75, 3.05) is 19.5 Å². The molecule has 0 fully saturated rings. The van der Waals surface area contributed by atoms with Crippen LogP contribution in [0, 0.1) is 11.3 Å². The summed E-state index contributed by atoms with van der Waals surface area (Å²) in [6, 6.07) is 23.1. The molecule has 0 saturated heterocycles. The molecule has 1 unspecified atom stereocenters. The van der Waals surface area contributed by atoms with Crippen LogP contribution in [0.25, 0.3) is 11.1 Å². The van der Waals surface area contributed by atoms with Crippen molar-refractivity contribution in [1.29, 1.82) is 5.26 Å². The molecule has 1 N–H and O–H groups in total. The van der Waals surface area contributed by atoms with Crippen LogP contribution in [0.5, 0.6) is 5.75 Å². The molecule has 0 radical (unpaired) electrons. The Morgan fingerprint density at radius 1 is 1.09 bits per heavy atom. The van der Waals surface area contributed by atoms with Gasteiger partial charge in [0.1, 0.15) is 18.4 Å². The van der Waals surface area contributed by atoms with E-state index in [-0.39, 0.29) is 6.61 Å². The van der Waals surface area contributed by atoms with Crippen LogP contribution >= 0.6 is 11.8 Å². The Kier molecular flexibility index (Phi) is 8.47. The third-order valence-corrected chi connectivity index (χ3v) is 6.07. The van der Waals surface area contributed by atoms with Crippen LogP contribution in [-0.2, 0) is 9.53 Å². The molecule has 3 aromatic rings. The van der Waals surface area contributed by atoms with Gasteiger partial charge >= 0.3 is 5.97 Å². The SMILES string of the molecule is COC(=O)c1ccccc1SCC(COc1ccc(-c2ccc(C#N)cc2)cc1)N(O)C=O. The number of hydrogen-bond donors (Lipinski definition) is 1. The van der Waals surface area contributed by atoms with Crippen molar-refractivity contribution in [2.24, 2.45) is 0 Å². The minimum absolute atomic E-state index is 0.0544. The van der Waals surface area contributed by atoms with Gasteiger partial charge in [0.2, 0.25) is 6.41 Å². The van der Waals surface area contributed by atoms with E-state index in [9.17, 15) is 14.8 Å². The molecule has 0 heterocycles. The van der Waals surface area contributed by atoms with Gasteiger partial charge < -0.3 is 9.47 Å². The summed E-state index contributed by atoms with van der Waals surface area (Å²) in [5, 5.41) is 19.5. The first-order valence-corrected chi connectivity index (χ1v) is 11.0. The van der Waals surface area contributed by atoms with E-state index >= 15 is 0 Å². The predicted octanol–water partition coefficient (Wildman–Crippen LogP) is 4.40. The molecule has 1 amide bonds. The van der Waals surface area contributed by atoms with E-state index in [4.69, 9.17) is 14.7 Å². The van der Waals surface area contributed by atoms with E-state index in [1.165, 1.54) is 18.9 Å². The van der Waals surface area contributed by atoms with E-state index in [1.54, 1.807) is 48.5 Å². The predicted molar refractivity (Wildman–Crippen MR) is 124 cm³/mol. The Bertz CT molecular complexity index is 1130. The lowest BCUT2D eigenvalue weighted by Gasteiger charge is -2.23. The van der Waals surface area contributed by atoms with Gasteiger partial charge in [-0.15, -0.1) is 11.8 Å². The lowest BCUT2D eigenvalue weighted by Crippen LogP contribution is -2.38. The van der Waals surface area contributed by atoms with Gasteiger partial charge in [0.15, 0.2) is 0 Å². The zero-order valence-corrected chi connectivity index (χ0v) is 18.7. The topological polar surface area (TPSA) is 99.9 Å². The quantitative estimate of drug-likeness (QED) is 0.157.